The summed E-state index contributed by atoms with van der Waals surface area (Å²) in [6.45, 7) is 5.71. The van der Waals surface area contributed by atoms with Crippen LogP contribution in [0.5, 0.6) is 0 Å². The summed E-state index contributed by atoms with van der Waals surface area (Å²) in [7, 11) is 0. The molecule has 1 saturated heterocycles. The Hall–Kier alpha value is -1.77. The Labute approximate surface area is 131 Å². The van der Waals surface area contributed by atoms with Crippen molar-refractivity contribution in [3.05, 3.63) is 33.7 Å². The van der Waals surface area contributed by atoms with Crippen molar-refractivity contribution in [1.82, 2.24) is 19.6 Å². The second-order valence-corrected chi connectivity index (χ2v) is 6.11. The standard InChI is InChI=1S/C14H18N4O3S/c1-10(17-2-5-21-6-3-17)8-15-12(19)11-9-16-14-18(13(11)20)4-7-22-14/h4,7,9-10H,2-3,5-6,8H2,1H3,(H,15,19). The molecule has 118 valence electrons. The van der Waals surface area contributed by atoms with Crippen molar-refractivity contribution in [3.63, 3.8) is 0 Å². The number of nitrogens with one attached hydrogen (secondary N) is 1. The maximum absolute atomic E-state index is 12.2. The van der Waals surface area contributed by atoms with Gasteiger partial charge < -0.3 is 10.1 Å². The molecule has 8 heteroatoms. The molecule has 22 heavy (non-hydrogen) atoms. The minimum absolute atomic E-state index is 0.0741. The van der Waals surface area contributed by atoms with E-state index in [1.54, 1.807) is 11.6 Å². The summed E-state index contributed by atoms with van der Waals surface area (Å²) < 4.78 is 6.71. The molecule has 2 aromatic rings. The minimum atomic E-state index is -0.377. The van der Waals surface area contributed by atoms with Gasteiger partial charge >= 0.3 is 0 Å². The second-order valence-electron chi connectivity index (χ2n) is 5.24. The molecular weight excluding hydrogens is 304 g/mol. The van der Waals surface area contributed by atoms with Crippen LogP contribution in [-0.2, 0) is 4.74 Å². The fourth-order valence-electron chi connectivity index (χ4n) is 2.46. The fraction of sp³-hybridized carbons (Fsp3) is 0.500. The molecule has 3 rings (SSSR count). The Balaban J connectivity index is 1.65. The average molecular weight is 322 g/mol. The highest BCUT2D eigenvalue weighted by atomic mass is 32.1. The van der Waals surface area contributed by atoms with Gasteiger partial charge in [-0.25, -0.2) is 4.98 Å². The average Bonchev–Trinajstić information content (AvgIpc) is 3.03. The lowest BCUT2D eigenvalue weighted by Gasteiger charge is -2.32. The number of nitrogens with zero attached hydrogens (tertiary/aromatic N) is 3. The van der Waals surface area contributed by atoms with Crippen LogP contribution in [0, 0.1) is 0 Å². The van der Waals surface area contributed by atoms with E-state index < -0.39 is 0 Å². The molecule has 0 saturated carbocycles. The molecule has 0 aromatic carbocycles. The maximum atomic E-state index is 12.2. The van der Waals surface area contributed by atoms with E-state index in [0.29, 0.717) is 11.5 Å². The van der Waals surface area contributed by atoms with E-state index in [9.17, 15) is 9.59 Å². The summed E-state index contributed by atoms with van der Waals surface area (Å²) in [4.78, 5) is 31.4. The predicted molar refractivity (Wildman–Crippen MR) is 83.5 cm³/mol. The van der Waals surface area contributed by atoms with Gasteiger partial charge in [0.2, 0.25) is 0 Å². The van der Waals surface area contributed by atoms with E-state index in [0.717, 1.165) is 26.3 Å². The fourth-order valence-corrected chi connectivity index (χ4v) is 3.14. The Kier molecular flexibility index (Phi) is 4.51. The molecule has 1 aliphatic rings. The van der Waals surface area contributed by atoms with Gasteiger partial charge in [-0.15, -0.1) is 11.3 Å². The third-order valence-electron chi connectivity index (χ3n) is 3.81. The highest BCUT2D eigenvalue weighted by Gasteiger charge is 2.19. The molecule has 7 nitrogen and oxygen atoms in total. The van der Waals surface area contributed by atoms with Crippen LogP contribution >= 0.6 is 11.3 Å². The molecule has 1 N–H and O–H groups in total. The zero-order valence-corrected chi connectivity index (χ0v) is 13.1. The monoisotopic (exact) mass is 322 g/mol. The number of carbonyl (C=O) groups excluding carboxylic acids is 1. The minimum Gasteiger partial charge on any atom is -0.379 e. The number of morpholine rings is 1. The molecule has 2 aromatic heterocycles. The third-order valence-corrected chi connectivity index (χ3v) is 4.59. The Bertz CT molecular complexity index is 720. The molecule has 0 bridgehead atoms. The highest BCUT2D eigenvalue weighted by molar-refractivity contribution is 7.15. The van der Waals surface area contributed by atoms with Gasteiger partial charge in [0.05, 0.1) is 13.2 Å². The highest BCUT2D eigenvalue weighted by Crippen LogP contribution is 2.06. The van der Waals surface area contributed by atoms with Crippen molar-refractivity contribution in [3.8, 4) is 0 Å². The second kappa shape index (κ2) is 6.55. The molecule has 1 aliphatic heterocycles. The first-order valence-corrected chi connectivity index (χ1v) is 8.09. The topological polar surface area (TPSA) is 75.9 Å². The van der Waals surface area contributed by atoms with Crippen LogP contribution in [0.1, 0.15) is 17.3 Å². The largest absolute Gasteiger partial charge is 0.379 e. The first-order valence-electron chi connectivity index (χ1n) is 7.21. The number of amides is 1. The molecule has 1 atom stereocenters. The van der Waals surface area contributed by atoms with E-state index in [4.69, 9.17) is 4.74 Å². The summed E-state index contributed by atoms with van der Waals surface area (Å²) >= 11 is 1.36. The molecule has 3 heterocycles. The van der Waals surface area contributed by atoms with Crippen molar-refractivity contribution >= 4 is 22.2 Å². The molecule has 0 spiro atoms. The van der Waals surface area contributed by atoms with Crippen molar-refractivity contribution in [2.75, 3.05) is 32.8 Å². The first-order chi connectivity index (χ1) is 10.7. The smallest absolute Gasteiger partial charge is 0.271 e. The summed E-state index contributed by atoms with van der Waals surface area (Å²) in [5.74, 6) is -0.377. The van der Waals surface area contributed by atoms with E-state index >= 15 is 0 Å². The number of hydrogen-bond donors (Lipinski definition) is 1. The zero-order chi connectivity index (χ0) is 15.5. The van der Waals surface area contributed by atoms with Gasteiger partial charge in [0.15, 0.2) is 4.96 Å². The van der Waals surface area contributed by atoms with Gasteiger partial charge in [-0.3, -0.25) is 18.9 Å². The van der Waals surface area contributed by atoms with Crippen molar-refractivity contribution in [2.45, 2.75) is 13.0 Å². The number of ether oxygens (including phenoxy) is 1. The van der Waals surface area contributed by atoms with Gasteiger partial charge in [0.1, 0.15) is 5.56 Å². The summed E-state index contributed by atoms with van der Waals surface area (Å²) in [5, 5.41) is 4.59. The number of thiazole rings is 1. The number of rotatable bonds is 4. The van der Waals surface area contributed by atoms with E-state index in [2.05, 4.69) is 22.1 Å². The Morgan fingerprint density at radius 1 is 1.50 bits per heavy atom. The van der Waals surface area contributed by atoms with Crippen molar-refractivity contribution in [1.29, 1.82) is 0 Å². The molecule has 1 amide bonds. The Morgan fingerprint density at radius 2 is 2.27 bits per heavy atom. The Morgan fingerprint density at radius 3 is 3.05 bits per heavy atom. The lowest BCUT2D eigenvalue weighted by molar-refractivity contribution is 0.0204. The van der Waals surface area contributed by atoms with Crippen LogP contribution in [0.3, 0.4) is 0 Å². The van der Waals surface area contributed by atoms with Crippen LogP contribution in [0.2, 0.25) is 0 Å². The van der Waals surface area contributed by atoms with E-state index in [1.807, 2.05) is 0 Å². The third kappa shape index (κ3) is 3.03. The normalized spacial score (nSPS) is 17.5. The van der Waals surface area contributed by atoms with Crippen LogP contribution in [0.25, 0.3) is 4.96 Å². The van der Waals surface area contributed by atoms with Gasteiger partial charge in [0.25, 0.3) is 11.5 Å². The summed E-state index contributed by atoms with van der Waals surface area (Å²) in [6, 6.07) is 0.202. The number of carbonyl (C=O) groups is 1. The van der Waals surface area contributed by atoms with Crippen LogP contribution < -0.4 is 10.9 Å². The molecule has 0 radical (unpaired) electrons. The predicted octanol–water partition coefficient (Wildman–Crippen LogP) is 0.206. The van der Waals surface area contributed by atoms with Gasteiger partial charge in [-0.2, -0.15) is 0 Å². The van der Waals surface area contributed by atoms with Gasteiger partial charge in [0, 0.05) is 43.4 Å². The molecular formula is C14H18N4O3S. The first kappa shape index (κ1) is 15.1. The van der Waals surface area contributed by atoms with E-state index in [1.165, 1.54) is 21.9 Å². The lowest BCUT2D eigenvalue weighted by atomic mass is 10.2. The molecule has 0 aliphatic carbocycles. The number of hydrogen-bond acceptors (Lipinski definition) is 6. The van der Waals surface area contributed by atoms with Crippen LogP contribution in [0.15, 0.2) is 22.6 Å². The number of fused-ring (bicyclic) bond motifs is 1. The van der Waals surface area contributed by atoms with Crippen LogP contribution in [0.4, 0.5) is 0 Å². The molecule has 1 fully saturated rings. The summed E-state index contributed by atoms with van der Waals surface area (Å²) in [5.41, 5.74) is -0.257. The van der Waals surface area contributed by atoms with Crippen LogP contribution in [-0.4, -0.2) is 59.1 Å². The van der Waals surface area contributed by atoms with Crippen molar-refractivity contribution < 1.29 is 9.53 Å². The maximum Gasteiger partial charge on any atom is 0.271 e. The van der Waals surface area contributed by atoms with E-state index in [-0.39, 0.29) is 23.1 Å². The molecule has 1 unspecified atom stereocenters. The van der Waals surface area contributed by atoms with Crippen molar-refractivity contribution in [2.24, 2.45) is 0 Å². The number of aromatic nitrogens is 2. The zero-order valence-electron chi connectivity index (χ0n) is 12.3. The lowest BCUT2D eigenvalue weighted by Crippen LogP contribution is -2.47. The quantitative estimate of drug-likeness (QED) is 0.871. The summed E-state index contributed by atoms with van der Waals surface area (Å²) in [6.07, 6.45) is 2.98. The van der Waals surface area contributed by atoms with Gasteiger partial charge in [-0.05, 0) is 6.92 Å². The van der Waals surface area contributed by atoms with Gasteiger partial charge in [-0.1, -0.05) is 0 Å². The SMILES string of the molecule is CC(CNC(=O)c1cnc2sccn2c1=O)N1CCOCC1.